The molecule has 1 heterocycles. The number of ether oxygens (including phenoxy) is 1. The lowest BCUT2D eigenvalue weighted by atomic mass is 9.98. The number of aromatic nitrogens is 1. The van der Waals surface area contributed by atoms with Crippen molar-refractivity contribution in [3.63, 3.8) is 0 Å². The summed E-state index contributed by atoms with van der Waals surface area (Å²) in [5, 5.41) is 0. The molecule has 0 amide bonds. The molecule has 1 aromatic heterocycles. The van der Waals surface area contributed by atoms with Gasteiger partial charge in [-0.1, -0.05) is 54.6 Å². The van der Waals surface area contributed by atoms with Crippen LogP contribution in [0.25, 0.3) is 27.2 Å². The molecule has 1 N–H and O–H groups in total. The summed E-state index contributed by atoms with van der Waals surface area (Å²) in [5.41, 5.74) is 5.36. The van der Waals surface area contributed by atoms with E-state index >= 15 is 0 Å². The van der Waals surface area contributed by atoms with Crippen molar-refractivity contribution in [1.82, 2.24) is 4.98 Å². The minimum absolute atomic E-state index is 0.313. The lowest BCUT2D eigenvalue weighted by Gasteiger charge is -2.08. The smallest absolute Gasteiger partial charge is 0.340 e. The van der Waals surface area contributed by atoms with Crippen molar-refractivity contribution in [2.75, 3.05) is 6.61 Å². The van der Waals surface area contributed by atoms with Gasteiger partial charge < -0.3 is 9.72 Å². The van der Waals surface area contributed by atoms with Crippen LogP contribution in [0.15, 0.2) is 54.6 Å². The molecule has 0 aliphatic rings. The van der Waals surface area contributed by atoms with Crippen LogP contribution in [-0.2, 0) is 4.74 Å². The highest BCUT2D eigenvalue weighted by Gasteiger charge is 2.24. The van der Waals surface area contributed by atoms with E-state index in [0.717, 1.165) is 28.1 Å². The average molecular weight is 330 g/mol. The van der Waals surface area contributed by atoms with Crippen LogP contribution >= 0.6 is 0 Å². The van der Waals surface area contributed by atoms with E-state index in [1.807, 2.05) is 49.4 Å². The van der Waals surface area contributed by atoms with Crippen LogP contribution in [0.1, 0.15) is 23.0 Å². The average Bonchev–Trinajstić information content (AvgIpc) is 3.00. The number of aromatic amines is 1. The van der Waals surface area contributed by atoms with Crippen molar-refractivity contribution in [3.8, 4) is 22.4 Å². The zero-order valence-electron chi connectivity index (χ0n) is 14.2. The van der Waals surface area contributed by atoms with Gasteiger partial charge in [0.15, 0.2) is 5.69 Å². The first-order valence-corrected chi connectivity index (χ1v) is 8.08. The fourth-order valence-electron chi connectivity index (χ4n) is 2.92. The van der Waals surface area contributed by atoms with Crippen molar-refractivity contribution >= 4 is 11.7 Å². The van der Waals surface area contributed by atoms with E-state index in [1.54, 1.807) is 19.1 Å². The molecule has 0 aliphatic heterocycles. The van der Waals surface area contributed by atoms with E-state index in [-0.39, 0.29) is 5.97 Å². The molecule has 3 rings (SSSR count). The lowest BCUT2D eigenvalue weighted by Crippen LogP contribution is -2.06. The van der Waals surface area contributed by atoms with Crippen LogP contribution < -0.4 is 0 Å². The molecular formula is C21H18N2O2. The van der Waals surface area contributed by atoms with Crippen LogP contribution in [0, 0.1) is 13.5 Å². The van der Waals surface area contributed by atoms with Gasteiger partial charge in [0.2, 0.25) is 0 Å². The number of aryl methyl sites for hydroxylation is 1. The van der Waals surface area contributed by atoms with Gasteiger partial charge in [0.05, 0.1) is 24.4 Å². The minimum Gasteiger partial charge on any atom is -0.462 e. The van der Waals surface area contributed by atoms with Crippen molar-refractivity contribution in [2.24, 2.45) is 0 Å². The van der Waals surface area contributed by atoms with E-state index in [9.17, 15) is 4.79 Å². The van der Waals surface area contributed by atoms with Crippen LogP contribution in [0.3, 0.4) is 0 Å². The normalized spacial score (nSPS) is 10.3. The highest BCUT2D eigenvalue weighted by Crippen LogP contribution is 2.36. The maximum Gasteiger partial charge on any atom is 0.340 e. The van der Waals surface area contributed by atoms with Crippen molar-refractivity contribution in [1.29, 1.82) is 0 Å². The number of nitrogens with one attached hydrogen (secondary N) is 1. The topological polar surface area (TPSA) is 46.5 Å². The fourth-order valence-corrected chi connectivity index (χ4v) is 2.92. The quantitative estimate of drug-likeness (QED) is 0.515. The molecule has 0 bridgehead atoms. The molecule has 0 saturated carbocycles. The molecule has 0 saturated heterocycles. The van der Waals surface area contributed by atoms with Crippen LogP contribution in [0.4, 0.5) is 5.69 Å². The summed E-state index contributed by atoms with van der Waals surface area (Å²) in [6, 6.07) is 17.0. The van der Waals surface area contributed by atoms with Crippen molar-refractivity contribution in [2.45, 2.75) is 13.8 Å². The maximum absolute atomic E-state index is 12.7. The predicted molar refractivity (Wildman–Crippen MR) is 98.6 cm³/mol. The van der Waals surface area contributed by atoms with E-state index in [4.69, 9.17) is 11.3 Å². The number of hydrogen-bond acceptors (Lipinski definition) is 2. The van der Waals surface area contributed by atoms with Gasteiger partial charge in [0, 0.05) is 11.3 Å². The molecule has 0 atom stereocenters. The first kappa shape index (κ1) is 16.5. The van der Waals surface area contributed by atoms with E-state index in [0.29, 0.717) is 17.9 Å². The Labute approximate surface area is 146 Å². The van der Waals surface area contributed by atoms with Gasteiger partial charge in [-0.15, -0.1) is 0 Å². The Balaban J connectivity index is 2.22. The van der Waals surface area contributed by atoms with Gasteiger partial charge in [0.25, 0.3) is 0 Å². The lowest BCUT2D eigenvalue weighted by molar-refractivity contribution is 0.0528. The van der Waals surface area contributed by atoms with E-state index in [1.165, 1.54) is 0 Å². The summed E-state index contributed by atoms with van der Waals surface area (Å²) in [6.45, 7) is 11.1. The Bertz CT molecular complexity index is 933. The highest BCUT2D eigenvalue weighted by atomic mass is 16.5. The number of H-pyrrole nitrogens is 1. The molecule has 3 aromatic rings. The molecule has 25 heavy (non-hydrogen) atoms. The first-order valence-electron chi connectivity index (χ1n) is 8.08. The second kappa shape index (κ2) is 7.06. The summed E-state index contributed by atoms with van der Waals surface area (Å²) < 4.78 is 5.30. The molecule has 4 nitrogen and oxygen atoms in total. The van der Waals surface area contributed by atoms with Crippen LogP contribution in [0.5, 0.6) is 0 Å². The largest absolute Gasteiger partial charge is 0.462 e. The number of hydrogen-bond donors (Lipinski definition) is 1. The second-order valence-electron chi connectivity index (χ2n) is 5.62. The van der Waals surface area contributed by atoms with Gasteiger partial charge in [-0.2, -0.15) is 0 Å². The van der Waals surface area contributed by atoms with Crippen LogP contribution in [0.2, 0.25) is 0 Å². The summed E-state index contributed by atoms with van der Waals surface area (Å²) in [5.74, 6) is -0.352. The molecule has 0 unspecified atom stereocenters. The van der Waals surface area contributed by atoms with E-state index < -0.39 is 0 Å². The van der Waals surface area contributed by atoms with Crippen molar-refractivity contribution < 1.29 is 9.53 Å². The number of carbonyl (C=O) groups is 1. The fraction of sp³-hybridized carbons (Fsp3) is 0.143. The summed E-state index contributed by atoms with van der Waals surface area (Å²) in [7, 11) is 0. The maximum atomic E-state index is 12.7. The molecule has 124 valence electrons. The Morgan fingerprint density at radius 1 is 1.08 bits per heavy atom. The molecular weight excluding hydrogens is 312 g/mol. The minimum atomic E-state index is -0.352. The molecule has 2 aromatic carbocycles. The first-order chi connectivity index (χ1) is 12.2. The van der Waals surface area contributed by atoms with E-state index in [2.05, 4.69) is 9.83 Å². The zero-order chi connectivity index (χ0) is 17.8. The van der Waals surface area contributed by atoms with Gasteiger partial charge in [0.1, 0.15) is 0 Å². The number of benzene rings is 2. The van der Waals surface area contributed by atoms with Gasteiger partial charge in [-0.05, 0) is 25.0 Å². The number of esters is 1. The monoisotopic (exact) mass is 330 g/mol. The Hall–Kier alpha value is -3.32. The molecule has 0 spiro atoms. The van der Waals surface area contributed by atoms with Gasteiger partial charge in [-0.3, -0.25) is 0 Å². The SMILES string of the molecule is [C-]#[N+]c1ccc(-c2c(C)[nH]c(-c3ccccc3)c2C(=O)OCC)cc1. The molecule has 0 radical (unpaired) electrons. The van der Waals surface area contributed by atoms with Gasteiger partial charge in [-0.25, -0.2) is 9.64 Å². The third-order valence-corrected chi connectivity index (χ3v) is 4.01. The Kier molecular flexibility index (Phi) is 4.67. The summed E-state index contributed by atoms with van der Waals surface area (Å²) in [4.78, 5) is 19.4. The molecule has 4 heteroatoms. The van der Waals surface area contributed by atoms with Gasteiger partial charge >= 0.3 is 5.97 Å². The molecule has 0 fully saturated rings. The standard InChI is InChI=1S/C21H18N2O2/c1-4-25-21(24)19-18(15-10-12-17(22-3)13-11-15)14(2)23-20(19)16-8-6-5-7-9-16/h5-13,23H,4H2,1-2H3. The zero-order valence-corrected chi connectivity index (χ0v) is 14.2. The number of carbonyl (C=O) groups excluding carboxylic acids is 1. The van der Waals surface area contributed by atoms with Crippen molar-refractivity contribution in [3.05, 3.63) is 77.3 Å². The number of rotatable bonds is 4. The third-order valence-electron chi connectivity index (χ3n) is 4.01. The highest BCUT2D eigenvalue weighted by molar-refractivity contribution is 6.04. The third kappa shape index (κ3) is 3.17. The Morgan fingerprint density at radius 2 is 1.76 bits per heavy atom. The van der Waals surface area contributed by atoms with Crippen LogP contribution in [-0.4, -0.2) is 17.6 Å². The second-order valence-corrected chi connectivity index (χ2v) is 5.62. The Morgan fingerprint density at radius 3 is 2.36 bits per heavy atom. The molecule has 0 aliphatic carbocycles. The number of nitrogens with zero attached hydrogens (tertiary/aromatic N) is 1. The summed E-state index contributed by atoms with van der Waals surface area (Å²) in [6.07, 6.45) is 0. The predicted octanol–water partition coefficient (Wildman–Crippen LogP) is 5.38. The summed E-state index contributed by atoms with van der Waals surface area (Å²) >= 11 is 0.